The lowest BCUT2D eigenvalue weighted by Crippen LogP contribution is -2.33. The lowest BCUT2D eigenvalue weighted by atomic mass is 10.1. The van der Waals surface area contributed by atoms with E-state index in [9.17, 15) is 0 Å². The third kappa shape index (κ3) is 8.40. The van der Waals surface area contributed by atoms with Gasteiger partial charge in [0.25, 0.3) is 0 Å². The van der Waals surface area contributed by atoms with Crippen LogP contribution >= 0.6 is 24.0 Å². The number of hydrogen-bond donors (Lipinski definition) is 2. The van der Waals surface area contributed by atoms with E-state index >= 15 is 0 Å². The van der Waals surface area contributed by atoms with Crippen LogP contribution in [0.3, 0.4) is 0 Å². The highest BCUT2D eigenvalue weighted by atomic mass is 127. The van der Waals surface area contributed by atoms with E-state index in [2.05, 4.69) is 21.2 Å². The number of benzene rings is 1. The fraction of sp³-hybridized carbons (Fsp3) is 0.263. The maximum Gasteiger partial charge on any atom is 0.188 e. The summed E-state index contributed by atoms with van der Waals surface area (Å²) in [6.07, 6.45) is 8.57. The van der Waals surface area contributed by atoms with Gasteiger partial charge in [-0.3, -0.25) is 9.98 Å². The number of nitrogens with zero attached hydrogens (tertiary/aromatic N) is 2. The van der Waals surface area contributed by atoms with Gasteiger partial charge in [-0.15, -0.1) is 30.4 Å². The highest BCUT2D eigenvalue weighted by Crippen LogP contribution is 2.12. The summed E-state index contributed by atoms with van der Waals surface area (Å²) >= 11 is 0. The molecule has 0 unspecified atom stereocenters. The molecule has 132 valence electrons. The standard InChI is InChI=1S/C19H22N4O.HI/c1-2-15-24-18-8-6-16(7-9-18)10-13-22-19(20)23-14-11-17-5-3-4-12-21-17;/h1,3-9,12H,10-11,13-15H2,(H3,20,22,23);1H. The molecule has 6 heteroatoms. The zero-order chi connectivity index (χ0) is 17.0. The molecule has 1 heterocycles. The molecule has 1 aromatic heterocycles. The first-order valence-corrected chi connectivity index (χ1v) is 7.87. The number of halogens is 1. The summed E-state index contributed by atoms with van der Waals surface area (Å²) in [5, 5.41) is 3.12. The van der Waals surface area contributed by atoms with Crippen LogP contribution in [0.5, 0.6) is 5.75 Å². The molecule has 3 N–H and O–H groups in total. The van der Waals surface area contributed by atoms with E-state index in [0.29, 0.717) is 12.5 Å². The quantitative estimate of drug-likeness (QED) is 0.281. The van der Waals surface area contributed by atoms with Gasteiger partial charge in [0.05, 0.1) is 0 Å². The van der Waals surface area contributed by atoms with Crippen LogP contribution in [-0.2, 0) is 12.8 Å². The van der Waals surface area contributed by atoms with E-state index in [0.717, 1.165) is 30.8 Å². The van der Waals surface area contributed by atoms with Crippen molar-refractivity contribution in [2.24, 2.45) is 10.7 Å². The molecule has 0 bridgehead atoms. The molecule has 25 heavy (non-hydrogen) atoms. The van der Waals surface area contributed by atoms with Gasteiger partial charge >= 0.3 is 0 Å². The van der Waals surface area contributed by atoms with Crippen LogP contribution < -0.4 is 15.8 Å². The largest absolute Gasteiger partial charge is 0.481 e. The van der Waals surface area contributed by atoms with Crippen LogP contribution in [0.2, 0.25) is 0 Å². The van der Waals surface area contributed by atoms with Crippen LogP contribution in [0.1, 0.15) is 11.3 Å². The van der Waals surface area contributed by atoms with Gasteiger partial charge in [-0.1, -0.05) is 24.1 Å². The molecule has 0 saturated heterocycles. The van der Waals surface area contributed by atoms with Crippen molar-refractivity contribution in [3.05, 3.63) is 59.9 Å². The second-order valence-electron chi connectivity index (χ2n) is 5.15. The van der Waals surface area contributed by atoms with Crippen molar-refractivity contribution in [2.45, 2.75) is 12.8 Å². The molecule has 0 aliphatic rings. The Morgan fingerprint density at radius 3 is 2.68 bits per heavy atom. The molecule has 0 spiro atoms. The SMILES string of the molecule is C#CCOc1ccc(CCNC(N)=NCCc2ccccn2)cc1.I. The molecule has 2 aromatic rings. The van der Waals surface area contributed by atoms with Crippen LogP contribution in [0.15, 0.2) is 53.7 Å². The predicted octanol–water partition coefficient (Wildman–Crippen LogP) is 2.40. The molecule has 0 saturated carbocycles. The summed E-state index contributed by atoms with van der Waals surface area (Å²) in [4.78, 5) is 8.55. The molecule has 0 aliphatic heterocycles. The molecular formula is C19H23IN4O. The van der Waals surface area contributed by atoms with Crippen molar-refractivity contribution in [3.63, 3.8) is 0 Å². The zero-order valence-electron chi connectivity index (χ0n) is 14.0. The number of guanidine groups is 1. The van der Waals surface area contributed by atoms with Crippen molar-refractivity contribution in [2.75, 3.05) is 19.7 Å². The average Bonchev–Trinajstić information content (AvgIpc) is 2.62. The summed E-state index contributed by atoms with van der Waals surface area (Å²) in [7, 11) is 0. The topological polar surface area (TPSA) is 72.5 Å². The third-order valence-corrected chi connectivity index (χ3v) is 3.34. The van der Waals surface area contributed by atoms with Gasteiger partial charge in [0, 0.05) is 31.4 Å². The fourth-order valence-electron chi connectivity index (χ4n) is 2.11. The first kappa shape index (κ1) is 20.8. The zero-order valence-corrected chi connectivity index (χ0v) is 16.4. The number of nitrogens with one attached hydrogen (secondary N) is 1. The van der Waals surface area contributed by atoms with Crippen molar-refractivity contribution in [3.8, 4) is 18.1 Å². The summed E-state index contributed by atoms with van der Waals surface area (Å²) < 4.78 is 5.34. The van der Waals surface area contributed by atoms with Crippen molar-refractivity contribution < 1.29 is 4.74 Å². The Bertz CT molecular complexity index is 681. The lowest BCUT2D eigenvalue weighted by Gasteiger charge is -2.07. The van der Waals surface area contributed by atoms with Crippen LogP contribution in [0.4, 0.5) is 0 Å². The number of terminal acetylenes is 1. The Labute approximate surface area is 166 Å². The fourth-order valence-corrected chi connectivity index (χ4v) is 2.11. The second kappa shape index (κ2) is 12.1. The summed E-state index contributed by atoms with van der Waals surface area (Å²) in [5.74, 6) is 3.68. The number of aromatic nitrogens is 1. The maximum atomic E-state index is 5.86. The molecule has 0 fully saturated rings. The van der Waals surface area contributed by atoms with Gasteiger partial charge in [0.15, 0.2) is 5.96 Å². The number of aliphatic imine (C=N–C) groups is 1. The van der Waals surface area contributed by atoms with E-state index in [1.807, 2.05) is 42.5 Å². The molecule has 1 aromatic carbocycles. The van der Waals surface area contributed by atoms with E-state index in [-0.39, 0.29) is 30.6 Å². The highest BCUT2D eigenvalue weighted by molar-refractivity contribution is 14.0. The Morgan fingerprint density at radius 1 is 1.20 bits per heavy atom. The van der Waals surface area contributed by atoms with Gasteiger partial charge in [-0.25, -0.2) is 0 Å². The van der Waals surface area contributed by atoms with Gasteiger partial charge in [-0.05, 0) is 36.2 Å². The van der Waals surface area contributed by atoms with Crippen molar-refractivity contribution in [1.82, 2.24) is 10.3 Å². The first-order valence-electron chi connectivity index (χ1n) is 7.87. The monoisotopic (exact) mass is 450 g/mol. The molecule has 0 aliphatic carbocycles. The Kier molecular flexibility index (Phi) is 10.1. The number of rotatable bonds is 8. The van der Waals surface area contributed by atoms with E-state index < -0.39 is 0 Å². The van der Waals surface area contributed by atoms with Crippen LogP contribution in [0, 0.1) is 12.3 Å². The lowest BCUT2D eigenvalue weighted by molar-refractivity contribution is 0.370. The summed E-state index contributed by atoms with van der Waals surface area (Å²) in [6.45, 7) is 1.63. The van der Waals surface area contributed by atoms with Gasteiger partial charge in [0.1, 0.15) is 12.4 Å². The smallest absolute Gasteiger partial charge is 0.188 e. The van der Waals surface area contributed by atoms with Gasteiger partial charge in [-0.2, -0.15) is 0 Å². The molecule has 0 amide bonds. The average molecular weight is 450 g/mol. The van der Waals surface area contributed by atoms with Crippen LogP contribution in [-0.4, -0.2) is 30.6 Å². The molecule has 0 radical (unpaired) electrons. The minimum atomic E-state index is 0. The number of hydrogen-bond acceptors (Lipinski definition) is 3. The maximum absolute atomic E-state index is 5.86. The summed E-state index contributed by atoms with van der Waals surface area (Å²) in [5.41, 5.74) is 8.07. The summed E-state index contributed by atoms with van der Waals surface area (Å²) in [6, 6.07) is 13.7. The molecule has 2 rings (SSSR count). The predicted molar refractivity (Wildman–Crippen MR) is 112 cm³/mol. The molecular weight excluding hydrogens is 427 g/mol. The van der Waals surface area contributed by atoms with Crippen molar-refractivity contribution >= 4 is 29.9 Å². The first-order chi connectivity index (χ1) is 11.8. The van der Waals surface area contributed by atoms with Gasteiger partial charge < -0.3 is 15.8 Å². The van der Waals surface area contributed by atoms with Crippen LogP contribution in [0.25, 0.3) is 0 Å². The minimum Gasteiger partial charge on any atom is -0.481 e. The minimum absolute atomic E-state index is 0. The number of pyridine rings is 1. The van der Waals surface area contributed by atoms with E-state index in [1.54, 1.807) is 6.20 Å². The normalized spacial score (nSPS) is 10.4. The third-order valence-electron chi connectivity index (χ3n) is 3.34. The molecule has 5 nitrogen and oxygen atoms in total. The van der Waals surface area contributed by atoms with E-state index in [1.165, 1.54) is 5.56 Å². The number of nitrogens with two attached hydrogens (primary N) is 1. The van der Waals surface area contributed by atoms with E-state index in [4.69, 9.17) is 16.9 Å². The second-order valence-corrected chi connectivity index (χ2v) is 5.15. The van der Waals surface area contributed by atoms with Crippen molar-refractivity contribution in [1.29, 1.82) is 0 Å². The highest BCUT2D eigenvalue weighted by Gasteiger charge is 1.97. The Hall–Kier alpha value is -2.27. The Balaban J connectivity index is 0.00000312. The number of ether oxygens (including phenoxy) is 1. The van der Waals surface area contributed by atoms with Gasteiger partial charge in [0.2, 0.25) is 0 Å². The Morgan fingerprint density at radius 2 is 2.00 bits per heavy atom. The molecule has 0 atom stereocenters.